The largest absolute Gasteiger partial charge is 0.479 e. The van der Waals surface area contributed by atoms with Gasteiger partial charge in [0.15, 0.2) is 6.61 Å². The second-order valence-electron chi connectivity index (χ2n) is 4.30. The number of benzene rings is 1. The molecule has 0 aromatic heterocycles. The molecular formula is C13H15NO4. The van der Waals surface area contributed by atoms with E-state index in [1.165, 1.54) is 17.5 Å². The molecule has 5 nitrogen and oxygen atoms in total. The Morgan fingerprint density at radius 3 is 2.67 bits per heavy atom. The van der Waals surface area contributed by atoms with E-state index in [1.807, 2.05) is 12.1 Å². The number of carboxylic acid groups (broad SMARTS) is 1. The number of carbonyl (C=O) groups is 2. The monoisotopic (exact) mass is 249 g/mol. The molecule has 0 spiro atoms. The van der Waals surface area contributed by atoms with Crippen molar-refractivity contribution in [3.8, 4) is 0 Å². The van der Waals surface area contributed by atoms with Crippen LogP contribution in [0.15, 0.2) is 18.2 Å². The molecule has 1 aromatic carbocycles. The van der Waals surface area contributed by atoms with Crippen molar-refractivity contribution in [1.82, 2.24) is 5.48 Å². The normalized spacial score (nSPS) is 13.8. The molecule has 0 saturated heterocycles. The Morgan fingerprint density at radius 1 is 1.22 bits per heavy atom. The maximum absolute atomic E-state index is 11.7. The summed E-state index contributed by atoms with van der Waals surface area (Å²) in [5.74, 6) is -1.54. The average Bonchev–Trinajstić information content (AvgIpc) is 2.37. The topological polar surface area (TPSA) is 75.6 Å². The van der Waals surface area contributed by atoms with Crippen LogP contribution in [-0.2, 0) is 22.5 Å². The minimum Gasteiger partial charge on any atom is -0.479 e. The highest BCUT2D eigenvalue weighted by molar-refractivity contribution is 5.93. The summed E-state index contributed by atoms with van der Waals surface area (Å²) in [6.07, 6.45) is 4.40. The van der Waals surface area contributed by atoms with Crippen molar-refractivity contribution in [2.45, 2.75) is 25.7 Å². The second kappa shape index (κ2) is 5.64. The van der Waals surface area contributed by atoms with Crippen LogP contribution in [0.3, 0.4) is 0 Å². The van der Waals surface area contributed by atoms with Crippen molar-refractivity contribution in [3.05, 3.63) is 34.9 Å². The summed E-state index contributed by atoms with van der Waals surface area (Å²) in [6, 6.07) is 5.55. The molecule has 1 aliphatic rings. The van der Waals surface area contributed by atoms with Gasteiger partial charge in [-0.2, -0.15) is 0 Å². The molecule has 0 aliphatic heterocycles. The van der Waals surface area contributed by atoms with Crippen LogP contribution in [0.1, 0.15) is 34.3 Å². The predicted octanol–water partition coefficient (Wildman–Crippen LogP) is 1.31. The Kier molecular flexibility index (Phi) is 3.94. The molecule has 1 aliphatic carbocycles. The Balaban J connectivity index is 2.00. The summed E-state index contributed by atoms with van der Waals surface area (Å²) in [4.78, 5) is 26.5. The number of hydrogen-bond donors (Lipinski definition) is 2. The van der Waals surface area contributed by atoms with Crippen LogP contribution in [0.5, 0.6) is 0 Å². The molecule has 0 fully saturated rings. The lowest BCUT2D eigenvalue weighted by Crippen LogP contribution is -2.26. The van der Waals surface area contributed by atoms with Gasteiger partial charge < -0.3 is 5.11 Å². The van der Waals surface area contributed by atoms with Crippen molar-refractivity contribution in [1.29, 1.82) is 0 Å². The van der Waals surface area contributed by atoms with Gasteiger partial charge in [-0.1, -0.05) is 6.07 Å². The van der Waals surface area contributed by atoms with Crippen LogP contribution < -0.4 is 5.48 Å². The fraction of sp³-hybridized carbons (Fsp3) is 0.385. The number of aliphatic carboxylic acids is 1. The summed E-state index contributed by atoms with van der Waals surface area (Å²) < 4.78 is 0. The van der Waals surface area contributed by atoms with Gasteiger partial charge in [-0.25, -0.2) is 10.3 Å². The zero-order valence-electron chi connectivity index (χ0n) is 9.94. The lowest BCUT2D eigenvalue weighted by molar-refractivity contribution is -0.144. The smallest absolute Gasteiger partial charge is 0.332 e. The number of carboxylic acids is 1. The van der Waals surface area contributed by atoms with Crippen LogP contribution in [0.4, 0.5) is 0 Å². The molecule has 18 heavy (non-hydrogen) atoms. The number of aryl methyl sites for hydroxylation is 2. The fourth-order valence-electron chi connectivity index (χ4n) is 2.10. The molecule has 0 heterocycles. The third-order valence-electron chi connectivity index (χ3n) is 2.97. The summed E-state index contributed by atoms with van der Waals surface area (Å²) in [5, 5.41) is 8.38. The van der Waals surface area contributed by atoms with E-state index in [1.54, 1.807) is 6.07 Å². The van der Waals surface area contributed by atoms with Gasteiger partial charge in [0, 0.05) is 5.56 Å². The van der Waals surface area contributed by atoms with Crippen molar-refractivity contribution >= 4 is 11.9 Å². The third-order valence-corrected chi connectivity index (χ3v) is 2.97. The van der Waals surface area contributed by atoms with Gasteiger partial charge in [-0.3, -0.25) is 9.63 Å². The number of rotatable bonds is 4. The molecule has 5 heteroatoms. The zero-order chi connectivity index (χ0) is 13.0. The Morgan fingerprint density at radius 2 is 1.94 bits per heavy atom. The van der Waals surface area contributed by atoms with E-state index in [2.05, 4.69) is 10.3 Å². The van der Waals surface area contributed by atoms with Crippen LogP contribution in [0.2, 0.25) is 0 Å². The first kappa shape index (κ1) is 12.6. The van der Waals surface area contributed by atoms with E-state index >= 15 is 0 Å². The van der Waals surface area contributed by atoms with Crippen molar-refractivity contribution in [2.24, 2.45) is 0 Å². The minimum absolute atomic E-state index is 0.412. The molecule has 0 saturated carbocycles. The Bertz CT molecular complexity index is 470. The maximum Gasteiger partial charge on any atom is 0.332 e. The number of hydrogen-bond acceptors (Lipinski definition) is 3. The first-order chi connectivity index (χ1) is 8.66. The van der Waals surface area contributed by atoms with E-state index in [9.17, 15) is 9.59 Å². The first-order valence-electron chi connectivity index (χ1n) is 5.92. The van der Waals surface area contributed by atoms with Gasteiger partial charge in [0.05, 0.1) is 0 Å². The van der Waals surface area contributed by atoms with Gasteiger partial charge in [0.25, 0.3) is 5.91 Å². The van der Waals surface area contributed by atoms with Crippen LogP contribution in [-0.4, -0.2) is 23.6 Å². The van der Waals surface area contributed by atoms with E-state index < -0.39 is 18.5 Å². The predicted molar refractivity (Wildman–Crippen MR) is 64.1 cm³/mol. The lowest BCUT2D eigenvalue weighted by atomic mass is 9.90. The molecule has 0 radical (unpaired) electrons. The van der Waals surface area contributed by atoms with E-state index in [4.69, 9.17) is 5.11 Å². The summed E-state index contributed by atoms with van der Waals surface area (Å²) >= 11 is 0. The number of carbonyl (C=O) groups excluding carboxylic acids is 1. The van der Waals surface area contributed by atoms with Gasteiger partial charge in [-0.15, -0.1) is 0 Å². The lowest BCUT2D eigenvalue weighted by Gasteiger charge is -2.16. The molecule has 0 bridgehead atoms. The summed E-state index contributed by atoms with van der Waals surface area (Å²) in [7, 11) is 0. The number of amides is 1. The molecule has 0 unspecified atom stereocenters. The number of nitrogens with one attached hydrogen (secondary N) is 1. The van der Waals surface area contributed by atoms with Gasteiger partial charge in [0.2, 0.25) is 0 Å². The van der Waals surface area contributed by atoms with E-state index in [0.717, 1.165) is 19.3 Å². The fourth-order valence-corrected chi connectivity index (χ4v) is 2.10. The first-order valence-corrected chi connectivity index (χ1v) is 5.92. The second-order valence-corrected chi connectivity index (χ2v) is 4.30. The SMILES string of the molecule is O=C(O)CONC(=O)c1ccc2c(c1)CCCC2. The molecule has 0 atom stereocenters. The number of hydroxylamine groups is 1. The summed E-state index contributed by atoms with van der Waals surface area (Å²) in [5.41, 5.74) is 5.11. The van der Waals surface area contributed by atoms with Gasteiger partial charge in [0.1, 0.15) is 0 Å². The number of fused-ring (bicyclic) bond motifs is 1. The Hall–Kier alpha value is -1.88. The average molecular weight is 249 g/mol. The molecule has 2 N–H and O–H groups in total. The van der Waals surface area contributed by atoms with Crippen molar-refractivity contribution < 1.29 is 19.5 Å². The van der Waals surface area contributed by atoms with Crippen LogP contribution >= 0.6 is 0 Å². The molecule has 96 valence electrons. The van der Waals surface area contributed by atoms with E-state index in [-0.39, 0.29) is 0 Å². The van der Waals surface area contributed by atoms with Gasteiger partial charge in [-0.05, 0) is 48.9 Å². The van der Waals surface area contributed by atoms with Crippen LogP contribution in [0.25, 0.3) is 0 Å². The van der Waals surface area contributed by atoms with Crippen molar-refractivity contribution in [3.63, 3.8) is 0 Å². The molecule has 1 aromatic rings. The zero-order valence-corrected chi connectivity index (χ0v) is 9.94. The minimum atomic E-state index is -1.12. The molecular weight excluding hydrogens is 234 g/mol. The third kappa shape index (κ3) is 3.07. The Labute approximate surface area is 105 Å². The highest BCUT2D eigenvalue weighted by Gasteiger charge is 2.13. The molecule has 2 rings (SSSR count). The van der Waals surface area contributed by atoms with Gasteiger partial charge >= 0.3 is 5.97 Å². The summed E-state index contributed by atoms with van der Waals surface area (Å²) in [6.45, 7) is -0.545. The highest BCUT2D eigenvalue weighted by atomic mass is 16.7. The highest BCUT2D eigenvalue weighted by Crippen LogP contribution is 2.22. The van der Waals surface area contributed by atoms with E-state index in [0.29, 0.717) is 5.56 Å². The maximum atomic E-state index is 11.7. The molecule has 1 amide bonds. The van der Waals surface area contributed by atoms with Crippen LogP contribution in [0, 0.1) is 0 Å². The standard InChI is InChI=1S/C13H15NO4/c15-12(16)8-18-14-13(17)11-6-5-9-3-1-2-4-10(9)7-11/h5-7H,1-4,8H2,(H,14,17)(H,15,16). The van der Waals surface area contributed by atoms with Crippen molar-refractivity contribution in [2.75, 3.05) is 6.61 Å². The quantitative estimate of drug-likeness (QED) is 0.789.